The van der Waals surface area contributed by atoms with E-state index in [2.05, 4.69) is 45.9 Å². The highest BCUT2D eigenvalue weighted by molar-refractivity contribution is 5.35. The predicted octanol–water partition coefficient (Wildman–Crippen LogP) is 2.96. The molecule has 1 atom stereocenters. The van der Waals surface area contributed by atoms with Gasteiger partial charge >= 0.3 is 0 Å². The molecule has 1 rings (SSSR count). The Morgan fingerprint density at radius 1 is 1.15 bits per heavy atom. The standard InChI is InChI=1S/C12H19N/c1-8(2)12(13)11-7-5-6-9(3)10(11)4/h5-8,12H,13H2,1-4H3/t12-/m1/s1. The Balaban J connectivity index is 3.07. The van der Waals surface area contributed by atoms with E-state index in [1.54, 1.807) is 0 Å². The fourth-order valence-electron chi connectivity index (χ4n) is 1.49. The first-order chi connectivity index (χ1) is 6.04. The molecule has 13 heavy (non-hydrogen) atoms. The predicted molar refractivity (Wildman–Crippen MR) is 57.7 cm³/mol. The van der Waals surface area contributed by atoms with Gasteiger partial charge in [-0.15, -0.1) is 0 Å². The SMILES string of the molecule is Cc1cccc([C@H](N)C(C)C)c1C. The largest absolute Gasteiger partial charge is 0.324 e. The van der Waals surface area contributed by atoms with Crippen LogP contribution in [0.2, 0.25) is 0 Å². The van der Waals surface area contributed by atoms with Gasteiger partial charge in [0.1, 0.15) is 0 Å². The van der Waals surface area contributed by atoms with Crippen LogP contribution in [-0.2, 0) is 0 Å². The first-order valence-electron chi connectivity index (χ1n) is 4.85. The van der Waals surface area contributed by atoms with Gasteiger partial charge in [0.05, 0.1) is 0 Å². The molecule has 0 aromatic heterocycles. The minimum Gasteiger partial charge on any atom is -0.324 e. The Hall–Kier alpha value is -0.820. The fourth-order valence-corrected chi connectivity index (χ4v) is 1.49. The maximum absolute atomic E-state index is 6.11. The summed E-state index contributed by atoms with van der Waals surface area (Å²) in [5, 5.41) is 0. The van der Waals surface area contributed by atoms with E-state index in [9.17, 15) is 0 Å². The quantitative estimate of drug-likeness (QED) is 0.738. The molecule has 0 unspecified atom stereocenters. The second kappa shape index (κ2) is 3.93. The molecule has 1 aromatic rings. The van der Waals surface area contributed by atoms with Crippen molar-refractivity contribution in [3.63, 3.8) is 0 Å². The van der Waals surface area contributed by atoms with Gasteiger partial charge in [-0.2, -0.15) is 0 Å². The molecule has 0 amide bonds. The molecule has 1 nitrogen and oxygen atoms in total. The topological polar surface area (TPSA) is 26.0 Å². The number of nitrogens with two attached hydrogens (primary N) is 1. The highest BCUT2D eigenvalue weighted by atomic mass is 14.6. The summed E-state index contributed by atoms with van der Waals surface area (Å²) in [5.74, 6) is 0.500. The lowest BCUT2D eigenvalue weighted by molar-refractivity contribution is 0.512. The number of benzene rings is 1. The van der Waals surface area contributed by atoms with E-state index in [-0.39, 0.29) is 6.04 Å². The monoisotopic (exact) mass is 177 g/mol. The van der Waals surface area contributed by atoms with Crippen LogP contribution in [-0.4, -0.2) is 0 Å². The third-order valence-corrected chi connectivity index (χ3v) is 2.72. The van der Waals surface area contributed by atoms with Crippen molar-refractivity contribution in [2.75, 3.05) is 0 Å². The molecule has 0 spiro atoms. The molecule has 1 heteroatoms. The van der Waals surface area contributed by atoms with Crippen LogP contribution < -0.4 is 5.73 Å². The van der Waals surface area contributed by atoms with E-state index in [0.717, 1.165) is 0 Å². The highest BCUT2D eigenvalue weighted by Crippen LogP contribution is 2.23. The van der Waals surface area contributed by atoms with Gasteiger partial charge in [0.25, 0.3) is 0 Å². The Kier molecular flexibility index (Phi) is 3.10. The summed E-state index contributed by atoms with van der Waals surface area (Å²) in [6.45, 7) is 8.59. The summed E-state index contributed by atoms with van der Waals surface area (Å²) in [7, 11) is 0. The molecule has 0 saturated carbocycles. The number of aryl methyl sites for hydroxylation is 1. The molecule has 0 radical (unpaired) electrons. The Bertz CT molecular complexity index is 289. The lowest BCUT2D eigenvalue weighted by atomic mass is 9.91. The van der Waals surface area contributed by atoms with Crippen molar-refractivity contribution in [3.8, 4) is 0 Å². The van der Waals surface area contributed by atoms with E-state index < -0.39 is 0 Å². The van der Waals surface area contributed by atoms with Crippen LogP contribution in [0.4, 0.5) is 0 Å². The molecule has 0 aliphatic rings. The number of rotatable bonds is 2. The van der Waals surface area contributed by atoms with Crippen LogP contribution >= 0.6 is 0 Å². The molecule has 0 heterocycles. The Morgan fingerprint density at radius 3 is 2.31 bits per heavy atom. The van der Waals surface area contributed by atoms with E-state index in [0.29, 0.717) is 5.92 Å². The minimum atomic E-state index is 0.167. The molecule has 0 bridgehead atoms. The average molecular weight is 177 g/mol. The van der Waals surface area contributed by atoms with Gasteiger partial charge in [0, 0.05) is 6.04 Å². The van der Waals surface area contributed by atoms with Crippen LogP contribution in [0.3, 0.4) is 0 Å². The van der Waals surface area contributed by atoms with Crippen molar-refractivity contribution in [3.05, 3.63) is 34.9 Å². The van der Waals surface area contributed by atoms with E-state index in [1.165, 1.54) is 16.7 Å². The molecule has 0 fully saturated rings. The van der Waals surface area contributed by atoms with E-state index in [1.807, 2.05) is 0 Å². The number of hydrogen-bond donors (Lipinski definition) is 1. The fraction of sp³-hybridized carbons (Fsp3) is 0.500. The zero-order valence-electron chi connectivity index (χ0n) is 8.96. The maximum atomic E-state index is 6.11. The maximum Gasteiger partial charge on any atom is 0.0320 e. The second-order valence-electron chi connectivity index (χ2n) is 4.06. The highest BCUT2D eigenvalue weighted by Gasteiger charge is 2.12. The average Bonchev–Trinajstić information content (AvgIpc) is 2.08. The van der Waals surface area contributed by atoms with E-state index in [4.69, 9.17) is 5.73 Å². The third kappa shape index (κ3) is 2.10. The second-order valence-corrected chi connectivity index (χ2v) is 4.06. The van der Waals surface area contributed by atoms with Gasteiger partial charge in [-0.3, -0.25) is 0 Å². The minimum absolute atomic E-state index is 0.167. The zero-order chi connectivity index (χ0) is 10.0. The molecule has 1 aromatic carbocycles. The summed E-state index contributed by atoms with van der Waals surface area (Å²) in [5.41, 5.74) is 10.1. The molecule has 72 valence electrons. The third-order valence-electron chi connectivity index (χ3n) is 2.72. The van der Waals surface area contributed by atoms with Crippen molar-refractivity contribution in [2.45, 2.75) is 33.7 Å². The van der Waals surface area contributed by atoms with Gasteiger partial charge < -0.3 is 5.73 Å². The summed E-state index contributed by atoms with van der Waals surface area (Å²) in [6, 6.07) is 6.51. The number of hydrogen-bond acceptors (Lipinski definition) is 1. The van der Waals surface area contributed by atoms with Crippen molar-refractivity contribution in [2.24, 2.45) is 11.7 Å². The summed E-state index contributed by atoms with van der Waals surface area (Å²) in [4.78, 5) is 0. The summed E-state index contributed by atoms with van der Waals surface area (Å²) < 4.78 is 0. The van der Waals surface area contributed by atoms with Gasteiger partial charge in [-0.25, -0.2) is 0 Å². The smallest absolute Gasteiger partial charge is 0.0320 e. The first kappa shape index (κ1) is 10.3. The first-order valence-corrected chi connectivity index (χ1v) is 4.85. The van der Waals surface area contributed by atoms with Gasteiger partial charge in [0.15, 0.2) is 0 Å². The van der Waals surface area contributed by atoms with Crippen LogP contribution in [0, 0.1) is 19.8 Å². The summed E-state index contributed by atoms with van der Waals surface area (Å²) >= 11 is 0. The van der Waals surface area contributed by atoms with Crippen molar-refractivity contribution < 1.29 is 0 Å². The molecule has 0 saturated heterocycles. The molecular weight excluding hydrogens is 158 g/mol. The Morgan fingerprint density at radius 2 is 1.77 bits per heavy atom. The molecule has 0 aliphatic carbocycles. The molecular formula is C12H19N. The molecule has 2 N–H and O–H groups in total. The lowest BCUT2D eigenvalue weighted by Crippen LogP contribution is -2.18. The summed E-state index contributed by atoms with van der Waals surface area (Å²) in [6.07, 6.45) is 0. The molecule has 0 aliphatic heterocycles. The Labute approximate surface area is 81.0 Å². The van der Waals surface area contributed by atoms with E-state index >= 15 is 0 Å². The zero-order valence-corrected chi connectivity index (χ0v) is 8.96. The van der Waals surface area contributed by atoms with Crippen LogP contribution in [0.1, 0.15) is 36.6 Å². The van der Waals surface area contributed by atoms with Crippen LogP contribution in [0.15, 0.2) is 18.2 Å². The van der Waals surface area contributed by atoms with Crippen molar-refractivity contribution in [1.29, 1.82) is 0 Å². The van der Waals surface area contributed by atoms with Gasteiger partial charge in [-0.1, -0.05) is 32.0 Å². The lowest BCUT2D eigenvalue weighted by Gasteiger charge is -2.19. The van der Waals surface area contributed by atoms with Gasteiger partial charge in [0.2, 0.25) is 0 Å². The van der Waals surface area contributed by atoms with Crippen molar-refractivity contribution >= 4 is 0 Å². The van der Waals surface area contributed by atoms with Crippen molar-refractivity contribution in [1.82, 2.24) is 0 Å². The van der Waals surface area contributed by atoms with Gasteiger partial charge in [-0.05, 0) is 36.5 Å². The van der Waals surface area contributed by atoms with Crippen LogP contribution in [0.25, 0.3) is 0 Å². The normalized spacial score (nSPS) is 13.4. The van der Waals surface area contributed by atoms with Crippen LogP contribution in [0.5, 0.6) is 0 Å².